The van der Waals surface area contributed by atoms with Crippen LogP contribution >= 0.6 is 11.6 Å². The molecule has 1 nitrogen and oxygen atoms in total. The van der Waals surface area contributed by atoms with E-state index >= 15 is 0 Å². The lowest BCUT2D eigenvalue weighted by molar-refractivity contribution is 0.194. The highest BCUT2D eigenvalue weighted by molar-refractivity contribution is 6.30. The van der Waals surface area contributed by atoms with Gasteiger partial charge in [-0.3, -0.25) is 0 Å². The summed E-state index contributed by atoms with van der Waals surface area (Å²) in [7, 11) is 0. The third-order valence-electron chi connectivity index (χ3n) is 2.09. The molecule has 0 fully saturated rings. The molecule has 0 heterocycles. The predicted molar refractivity (Wildman–Crippen MR) is 56.2 cm³/mol. The molecule has 14 heavy (non-hydrogen) atoms. The smallest absolute Gasteiger partial charge is 0.145 e. The zero-order valence-electron chi connectivity index (χ0n) is 8.35. The van der Waals surface area contributed by atoms with Crippen molar-refractivity contribution in [2.24, 2.45) is 0 Å². The van der Waals surface area contributed by atoms with E-state index in [2.05, 4.69) is 0 Å². The summed E-state index contributed by atoms with van der Waals surface area (Å²) in [4.78, 5) is 0. The molecule has 0 aliphatic heterocycles. The van der Waals surface area contributed by atoms with E-state index in [1.807, 2.05) is 6.92 Å². The van der Waals surface area contributed by atoms with Crippen molar-refractivity contribution in [3.63, 3.8) is 0 Å². The minimum Gasteiger partial charge on any atom is -0.393 e. The summed E-state index contributed by atoms with van der Waals surface area (Å²) in [5, 5.41) is 9.31. The first kappa shape index (κ1) is 11.5. The quantitative estimate of drug-likeness (QED) is 0.824. The Labute approximate surface area is 88.5 Å². The molecule has 0 saturated heterocycles. The van der Waals surface area contributed by atoms with Gasteiger partial charge in [0, 0.05) is 6.42 Å². The van der Waals surface area contributed by atoms with Gasteiger partial charge in [0.1, 0.15) is 5.82 Å². The minimum absolute atomic E-state index is 0.139. The summed E-state index contributed by atoms with van der Waals surface area (Å²) in [6.07, 6.45) is 0.569. The van der Waals surface area contributed by atoms with Crippen LogP contribution in [0.25, 0.3) is 0 Å². The Morgan fingerprint density at radius 2 is 2.14 bits per heavy atom. The van der Waals surface area contributed by atoms with Gasteiger partial charge in [-0.15, -0.1) is 0 Å². The first-order valence-corrected chi connectivity index (χ1v) is 5.07. The predicted octanol–water partition coefficient (Wildman–Crippen LogP) is 2.96. The standard InChI is InChI=1S/C11H14ClFO/c1-3-8-5-9(4-7(2)14)11(13)10(12)6-8/h5-7,14H,3-4H2,1-2H3. The molecule has 1 atom stereocenters. The maximum absolute atomic E-state index is 13.4. The van der Waals surface area contributed by atoms with Crippen molar-refractivity contribution in [3.05, 3.63) is 34.1 Å². The minimum atomic E-state index is -0.548. The first-order chi connectivity index (χ1) is 6.54. The highest BCUT2D eigenvalue weighted by atomic mass is 35.5. The van der Waals surface area contributed by atoms with Gasteiger partial charge in [0.15, 0.2) is 0 Å². The lowest BCUT2D eigenvalue weighted by Gasteiger charge is -2.09. The van der Waals surface area contributed by atoms with E-state index in [0.29, 0.717) is 12.0 Å². The van der Waals surface area contributed by atoms with Gasteiger partial charge >= 0.3 is 0 Å². The number of benzene rings is 1. The average molecular weight is 217 g/mol. The van der Waals surface area contributed by atoms with E-state index in [0.717, 1.165) is 12.0 Å². The normalized spacial score (nSPS) is 12.9. The van der Waals surface area contributed by atoms with Crippen molar-refractivity contribution in [2.75, 3.05) is 0 Å². The number of aliphatic hydroxyl groups excluding tert-OH is 1. The van der Waals surface area contributed by atoms with Crippen LogP contribution in [-0.2, 0) is 12.8 Å². The summed E-state index contributed by atoms with van der Waals surface area (Å²) >= 11 is 5.72. The average Bonchev–Trinajstić information content (AvgIpc) is 2.11. The van der Waals surface area contributed by atoms with Crippen LogP contribution < -0.4 is 0 Å². The van der Waals surface area contributed by atoms with Crippen LogP contribution in [-0.4, -0.2) is 11.2 Å². The van der Waals surface area contributed by atoms with E-state index in [1.165, 1.54) is 0 Å². The van der Waals surface area contributed by atoms with E-state index in [4.69, 9.17) is 11.6 Å². The van der Waals surface area contributed by atoms with Crippen LogP contribution in [0.3, 0.4) is 0 Å². The highest BCUT2D eigenvalue weighted by Crippen LogP contribution is 2.22. The van der Waals surface area contributed by atoms with Crippen LogP contribution in [0.5, 0.6) is 0 Å². The Morgan fingerprint density at radius 1 is 1.50 bits per heavy atom. The number of rotatable bonds is 3. The number of hydrogen-bond acceptors (Lipinski definition) is 1. The molecule has 0 radical (unpaired) electrons. The Kier molecular flexibility index (Phi) is 3.90. The second-order valence-electron chi connectivity index (χ2n) is 3.46. The van der Waals surface area contributed by atoms with E-state index in [-0.39, 0.29) is 5.02 Å². The molecule has 1 N–H and O–H groups in total. The van der Waals surface area contributed by atoms with Gasteiger partial charge in [-0.25, -0.2) is 4.39 Å². The van der Waals surface area contributed by atoms with Crippen molar-refractivity contribution >= 4 is 11.6 Å². The van der Waals surface area contributed by atoms with Crippen molar-refractivity contribution in [1.29, 1.82) is 0 Å². The lowest BCUT2D eigenvalue weighted by atomic mass is 10.0. The summed E-state index contributed by atoms with van der Waals surface area (Å²) in [5.74, 6) is -0.412. The molecule has 0 amide bonds. The Hall–Kier alpha value is -0.600. The fourth-order valence-electron chi connectivity index (χ4n) is 1.38. The van der Waals surface area contributed by atoms with Gasteiger partial charge in [-0.1, -0.05) is 24.6 Å². The van der Waals surface area contributed by atoms with Crippen molar-refractivity contribution in [3.8, 4) is 0 Å². The molecule has 0 bridgehead atoms. The van der Waals surface area contributed by atoms with Gasteiger partial charge in [-0.2, -0.15) is 0 Å². The van der Waals surface area contributed by atoms with Gasteiger partial charge in [0.25, 0.3) is 0 Å². The Bertz CT molecular complexity index is 323. The molecule has 0 aromatic heterocycles. The molecular formula is C11H14ClFO. The summed E-state index contributed by atoms with van der Waals surface area (Å²) in [5.41, 5.74) is 1.48. The molecule has 1 aromatic rings. The highest BCUT2D eigenvalue weighted by Gasteiger charge is 2.10. The second-order valence-corrected chi connectivity index (χ2v) is 3.86. The zero-order valence-corrected chi connectivity index (χ0v) is 9.11. The zero-order chi connectivity index (χ0) is 10.7. The molecule has 78 valence electrons. The molecule has 0 saturated carbocycles. The number of hydrogen-bond donors (Lipinski definition) is 1. The van der Waals surface area contributed by atoms with Crippen LogP contribution in [0.1, 0.15) is 25.0 Å². The Balaban J connectivity index is 3.07. The number of aryl methyl sites for hydroxylation is 1. The van der Waals surface area contributed by atoms with Crippen molar-refractivity contribution in [1.82, 2.24) is 0 Å². The van der Waals surface area contributed by atoms with E-state index in [9.17, 15) is 9.50 Å². The Morgan fingerprint density at radius 3 is 2.64 bits per heavy atom. The van der Waals surface area contributed by atoms with E-state index < -0.39 is 11.9 Å². The first-order valence-electron chi connectivity index (χ1n) is 4.69. The largest absolute Gasteiger partial charge is 0.393 e. The van der Waals surface area contributed by atoms with Gasteiger partial charge in [0.2, 0.25) is 0 Å². The summed E-state index contributed by atoms with van der Waals surface area (Å²) < 4.78 is 13.4. The van der Waals surface area contributed by atoms with Crippen molar-refractivity contribution in [2.45, 2.75) is 32.8 Å². The molecule has 1 unspecified atom stereocenters. The fourth-order valence-corrected chi connectivity index (χ4v) is 1.64. The molecule has 1 aromatic carbocycles. The molecule has 0 aliphatic carbocycles. The number of halogens is 2. The molecule has 3 heteroatoms. The lowest BCUT2D eigenvalue weighted by Crippen LogP contribution is -2.07. The maximum atomic E-state index is 13.4. The summed E-state index contributed by atoms with van der Waals surface area (Å²) in [6.45, 7) is 3.61. The number of aliphatic hydroxyl groups is 1. The van der Waals surface area contributed by atoms with Crippen LogP contribution in [0.4, 0.5) is 4.39 Å². The fraction of sp³-hybridized carbons (Fsp3) is 0.455. The molecular weight excluding hydrogens is 203 g/mol. The molecule has 0 aliphatic rings. The second kappa shape index (κ2) is 4.76. The maximum Gasteiger partial charge on any atom is 0.145 e. The van der Waals surface area contributed by atoms with Crippen LogP contribution in [0.15, 0.2) is 12.1 Å². The van der Waals surface area contributed by atoms with Gasteiger partial charge in [-0.05, 0) is 30.5 Å². The topological polar surface area (TPSA) is 20.2 Å². The van der Waals surface area contributed by atoms with Crippen molar-refractivity contribution < 1.29 is 9.50 Å². The molecule has 0 spiro atoms. The van der Waals surface area contributed by atoms with Gasteiger partial charge < -0.3 is 5.11 Å². The SMILES string of the molecule is CCc1cc(Cl)c(F)c(CC(C)O)c1. The third kappa shape index (κ3) is 2.69. The monoisotopic (exact) mass is 216 g/mol. The third-order valence-corrected chi connectivity index (χ3v) is 2.36. The van der Waals surface area contributed by atoms with Crippen LogP contribution in [0, 0.1) is 5.82 Å². The van der Waals surface area contributed by atoms with E-state index in [1.54, 1.807) is 19.1 Å². The van der Waals surface area contributed by atoms with Gasteiger partial charge in [0.05, 0.1) is 11.1 Å². The van der Waals surface area contributed by atoms with Crippen LogP contribution in [0.2, 0.25) is 5.02 Å². The summed E-state index contributed by atoms with van der Waals surface area (Å²) in [6, 6.07) is 3.39. The molecule has 1 rings (SSSR count).